The van der Waals surface area contributed by atoms with E-state index in [9.17, 15) is 10.1 Å². The first kappa shape index (κ1) is 13.8. The topological polar surface area (TPSA) is 75.6 Å². The van der Waals surface area contributed by atoms with Crippen LogP contribution in [0.1, 0.15) is 5.56 Å². The number of nitro benzene ring substituents is 1. The lowest BCUT2D eigenvalue weighted by Crippen LogP contribution is -2.55. The van der Waals surface area contributed by atoms with Crippen molar-refractivity contribution < 1.29 is 4.92 Å². The van der Waals surface area contributed by atoms with E-state index >= 15 is 0 Å². The van der Waals surface area contributed by atoms with Gasteiger partial charge in [0.1, 0.15) is 0 Å². The molecule has 1 aliphatic rings. The fourth-order valence-corrected chi connectivity index (χ4v) is 2.58. The molecule has 1 atom stereocenters. The van der Waals surface area contributed by atoms with E-state index in [1.54, 1.807) is 13.0 Å². The third kappa shape index (κ3) is 2.85. The molecular formula is C13H20N4O2. The number of anilines is 1. The maximum absolute atomic E-state index is 10.8. The molecule has 0 spiro atoms. The van der Waals surface area contributed by atoms with Gasteiger partial charge in [-0.2, -0.15) is 0 Å². The molecular weight excluding hydrogens is 244 g/mol. The van der Waals surface area contributed by atoms with Crippen LogP contribution >= 0.6 is 0 Å². The van der Waals surface area contributed by atoms with Crippen LogP contribution in [0.3, 0.4) is 0 Å². The molecule has 0 saturated carbocycles. The minimum Gasteiger partial charge on any atom is -0.365 e. The Morgan fingerprint density at radius 2 is 2.21 bits per heavy atom. The monoisotopic (exact) mass is 264 g/mol. The lowest BCUT2D eigenvalue weighted by Gasteiger charge is -2.41. The van der Waals surface area contributed by atoms with Crippen molar-refractivity contribution in [3.63, 3.8) is 0 Å². The first-order chi connectivity index (χ1) is 9.02. The van der Waals surface area contributed by atoms with Crippen molar-refractivity contribution in [2.45, 2.75) is 13.0 Å². The van der Waals surface area contributed by atoms with Crippen LogP contribution in [0.4, 0.5) is 11.4 Å². The Labute approximate surface area is 112 Å². The van der Waals surface area contributed by atoms with E-state index in [4.69, 9.17) is 5.73 Å². The summed E-state index contributed by atoms with van der Waals surface area (Å²) in [7, 11) is 2.08. The first-order valence-corrected chi connectivity index (χ1v) is 6.43. The highest BCUT2D eigenvalue weighted by Crippen LogP contribution is 2.26. The van der Waals surface area contributed by atoms with Gasteiger partial charge in [0.15, 0.2) is 0 Å². The van der Waals surface area contributed by atoms with E-state index < -0.39 is 0 Å². The Morgan fingerprint density at radius 3 is 2.79 bits per heavy atom. The zero-order chi connectivity index (χ0) is 14.0. The second-order valence-corrected chi connectivity index (χ2v) is 5.07. The van der Waals surface area contributed by atoms with E-state index in [1.807, 2.05) is 12.1 Å². The molecule has 0 amide bonds. The van der Waals surface area contributed by atoms with Gasteiger partial charge in [-0.3, -0.25) is 10.1 Å². The molecule has 1 aromatic carbocycles. The lowest BCUT2D eigenvalue weighted by molar-refractivity contribution is -0.385. The maximum atomic E-state index is 10.8. The summed E-state index contributed by atoms with van der Waals surface area (Å²) in [5, 5.41) is 10.8. The molecule has 1 aliphatic heterocycles. The number of nitrogens with zero attached hydrogens (tertiary/aromatic N) is 3. The van der Waals surface area contributed by atoms with E-state index in [2.05, 4.69) is 16.8 Å². The second kappa shape index (κ2) is 5.54. The third-order valence-corrected chi connectivity index (χ3v) is 3.67. The molecule has 2 rings (SSSR count). The molecule has 0 radical (unpaired) electrons. The number of aryl methyl sites for hydroxylation is 1. The average molecular weight is 264 g/mol. The van der Waals surface area contributed by atoms with Crippen LogP contribution in [0.5, 0.6) is 0 Å². The number of nitro groups is 1. The van der Waals surface area contributed by atoms with Crippen LogP contribution in [-0.2, 0) is 0 Å². The summed E-state index contributed by atoms with van der Waals surface area (Å²) < 4.78 is 0. The molecule has 2 N–H and O–H groups in total. The molecule has 0 aromatic heterocycles. The first-order valence-electron chi connectivity index (χ1n) is 6.43. The lowest BCUT2D eigenvalue weighted by atomic mass is 10.1. The van der Waals surface area contributed by atoms with Crippen molar-refractivity contribution in [1.82, 2.24) is 4.90 Å². The van der Waals surface area contributed by atoms with Gasteiger partial charge in [-0.15, -0.1) is 0 Å². The van der Waals surface area contributed by atoms with E-state index in [0.717, 1.165) is 25.3 Å². The van der Waals surface area contributed by atoms with Gasteiger partial charge in [0.25, 0.3) is 5.69 Å². The SMILES string of the molecule is Cc1cc(N2CCN(C)CC2CN)ccc1[N+](=O)[O-]. The Morgan fingerprint density at radius 1 is 1.47 bits per heavy atom. The van der Waals surface area contributed by atoms with Gasteiger partial charge in [-0.1, -0.05) is 0 Å². The fraction of sp³-hybridized carbons (Fsp3) is 0.538. The number of benzene rings is 1. The quantitative estimate of drug-likeness (QED) is 0.650. The van der Waals surface area contributed by atoms with Crippen molar-refractivity contribution >= 4 is 11.4 Å². The molecule has 6 heteroatoms. The predicted molar refractivity (Wildman–Crippen MR) is 75.5 cm³/mol. The van der Waals surface area contributed by atoms with Gasteiger partial charge in [0.05, 0.1) is 11.0 Å². The van der Waals surface area contributed by atoms with E-state index in [-0.39, 0.29) is 16.7 Å². The highest BCUT2D eigenvalue weighted by molar-refractivity contribution is 5.56. The van der Waals surface area contributed by atoms with Crippen molar-refractivity contribution in [3.8, 4) is 0 Å². The van der Waals surface area contributed by atoms with Crippen LogP contribution in [0.25, 0.3) is 0 Å². The minimum atomic E-state index is -0.344. The zero-order valence-electron chi connectivity index (χ0n) is 11.4. The molecule has 0 aliphatic carbocycles. The van der Waals surface area contributed by atoms with Gasteiger partial charge in [0.2, 0.25) is 0 Å². The van der Waals surface area contributed by atoms with Crippen LogP contribution in [0.15, 0.2) is 18.2 Å². The Balaban J connectivity index is 2.26. The number of rotatable bonds is 3. The number of hydrogen-bond acceptors (Lipinski definition) is 5. The molecule has 1 aromatic rings. The van der Waals surface area contributed by atoms with Crippen LogP contribution < -0.4 is 10.6 Å². The Bertz CT molecular complexity index is 478. The van der Waals surface area contributed by atoms with Crippen molar-refractivity contribution in [3.05, 3.63) is 33.9 Å². The summed E-state index contributed by atoms with van der Waals surface area (Å²) in [5.41, 5.74) is 7.71. The van der Waals surface area contributed by atoms with Gasteiger partial charge < -0.3 is 15.5 Å². The van der Waals surface area contributed by atoms with E-state index in [0.29, 0.717) is 12.1 Å². The smallest absolute Gasteiger partial charge is 0.272 e. The number of hydrogen-bond donors (Lipinski definition) is 1. The molecule has 1 heterocycles. The molecule has 6 nitrogen and oxygen atoms in total. The van der Waals surface area contributed by atoms with Gasteiger partial charge in [-0.25, -0.2) is 0 Å². The van der Waals surface area contributed by atoms with Gasteiger partial charge in [-0.05, 0) is 26.1 Å². The summed E-state index contributed by atoms with van der Waals surface area (Å²) in [5.74, 6) is 0. The largest absolute Gasteiger partial charge is 0.365 e. The summed E-state index contributed by atoms with van der Waals surface area (Å²) in [6.45, 7) is 5.16. The van der Waals surface area contributed by atoms with Crippen LogP contribution in [0, 0.1) is 17.0 Å². The number of likely N-dealkylation sites (N-methyl/N-ethyl adjacent to an activating group) is 1. The zero-order valence-corrected chi connectivity index (χ0v) is 11.4. The molecule has 104 valence electrons. The maximum Gasteiger partial charge on any atom is 0.272 e. The predicted octanol–water partition coefficient (Wildman–Crippen LogP) is 0.982. The highest BCUT2D eigenvalue weighted by Gasteiger charge is 2.25. The fourth-order valence-electron chi connectivity index (χ4n) is 2.58. The Hall–Kier alpha value is -1.66. The normalized spacial score (nSPS) is 20.6. The number of piperazine rings is 1. The minimum absolute atomic E-state index is 0.169. The highest BCUT2D eigenvalue weighted by atomic mass is 16.6. The standard InChI is InChI=1S/C13H20N4O2/c1-10-7-11(3-4-13(10)17(18)19)16-6-5-15(2)9-12(16)8-14/h3-4,7,12H,5-6,8-9,14H2,1-2H3. The molecule has 1 fully saturated rings. The summed E-state index contributed by atoms with van der Waals surface area (Å²) in [6, 6.07) is 5.54. The second-order valence-electron chi connectivity index (χ2n) is 5.07. The Kier molecular flexibility index (Phi) is 4.01. The van der Waals surface area contributed by atoms with Gasteiger partial charge in [0, 0.05) is 43.5 Å². The van der Waals surface area contributed by atoms with Gasteiger partial charge >= 0.3 is 0 Å². The van der Waals surface area contributed by atoms with Crippen LogP contribution in [0.2, 0.25) is 0 Å². The van der Waals surface area contributed by atoms with E-state index in [1.165, 1.54) is 0 Å². The van der Waals surface area contributed by atoms with Crippen LogP contribution in [-0.4, -0.2) is 49.1 Å². The van der Waals surface area contributed by atoms with Crippen molar-refractivity contribution in [2.75, 3.05) is 38.1 Å². The summed E-state index contributed by atoms with van der Waals surface area (Å²) in [4.78, 5) is 15.0. The molecule has 19 heavy (non-hydrogen) atoms. The summed E-state index contributed by atoms with van der Waals surface area (Å²) >= 11 is 0. The van der Waals surface area contributed by atoms with Crippen molar-refractivity contribution in [2.24, 2.45) is 5.73 Å². The molecule has 1 saturated heterocycles. The average Bonchev–Trinajstić information content (AvgIpc) is 2.37. The number of nitrogens with two attached hydrogens (primary N) is 1. The van der Waals surface area contributed by atoms with Crippen molar-refractivity contribution in [1.29, 1.82) is 0 Å². The molecule has 0 bridgehead atoms. The molecule has 1 unspecified atom stereocenters. The third-order valence-electron chi connectivity index (χ3n) is 3.67. The summed E-state index contributed by atoms with van der Waals surface area (Å²) in [6.07, 6.45) is 0.